The lowest BCUT2D eigenvalue weighted by Crippen LogP contribution is -2.22. The van der Waals surface area contributed by atoms with Gasteiger partial charge in [-0.3, -0.25) is 0 Å². The summed E-state index contributed by atoms with van der Waals surface area (Å²) in [6.07, 6.45) is 3.71. The van der Waals surface area contributed by atoms with Crippen molar-refractivity contribution in [3.05, 3.63) is 41.7 Å². The average molecular weight is 384 g/mol. The van der Waals surface area contributed by atoms with Crippen LogP contribution in [0.3, 0.4) is 0 Å². The average Bonchev–Trinajstić information content (AvgIpc) is 2.96. The number of nitrogens with one attached hydrogen (secondary N) is 2. The van der Waals surface area contributed by atoms with Crippen molar-refractivity contribution in [1.29, 1.82) is 0 Å². The molecule has 4 rings (SSSR count). The molecule has 1 atom stereocenters. The molecule has 0 radical (unpaired) electrons. The van der Waals surface area contributed by atoms with Crippen molar-refractivity contribution in [2.75, 3.05) is 22.1 Å². The number of sulfone groups is 1. The third kappa shape index (κ3) is 3.82. The zero-order valence-corrected chi connectivity index (χ0v) is 15.9. The third-order valence-corrected chi connectivity index (χ3v) is 6.31. The van der Waals surface area contributed by atoms with Crippen molar-refractivity contribution in [2.24, 2.45) is 0 Å². The van der Waals surface area contributed by atoms with Crippen molar-refractivity contribution >= 4 is 38.5 Å². The van der Waals surface area contributed by atoms with E-state index in [1.807, 2.05) is 32.0 Å². The molecule has 0 aliphatic carbocycles. The first-order valence-corrected chi connectivity index (χ1v) is 10.5. The predicted molar refractivity (Wildman–Crippen MR) is 105 cm³/mol. The minimum absolute atomic E-state index is 0.0919. The van der Waals surface area contributed by atoms with Crippen molar-refractivity contribution in [2.45, 2.75) is 26.3 Å². The fourth-order valence-electron chi connectivity index (χ4n) is 3.10. The number of hydrogen-bond donors (Lipinski definition) is 2. The molecule has 1 fully saturated rings. The molecule has 1 saturated heterocycles. The summed E-state index contributed by atoms with van der Waals surface area (Å²) >= 11 is 0. The Morgan fingerprint density at radius 1 is 1.11 bits per heavy atom. The lowest BCUT2D eigenvalue weighted by Gasteiger charge is -2.15. The van der Waals surface area contributed by atoms with E-state index >= 15 is 0 Å². The number of rotatable bonds is 4. The van der Waals surface area contributed by atoms with E-state index in [9.17, 15) is 8.42 Å². The van der Waals surface area contributed by atoms with Crippen LogP contribution in [0.2, 0.25) is 0 Å². The van der Waals surface area contributed by atoms with E-state index in [2.05, 4.69) is 30.6 Å². The van der Waals surface area contributed by atoms with Crippen molar-refractivity contribution in [1.82, 2.24) is 19.9 Å². The van der Waals surface area contributed by atoms with Gasteiger partial charge in [-0.15, -0.1) is 0 Å². The third-order valence-electron chi connectivity index (χ3n) is 4.54. The van der Waals surface area contributed by atoms with Crippen molar-refractivity contribution in [3.63, 3.8) is 0 Å². The lowest BCUT2D eigenvalue weighted by molar-refractivity contribution is 0.602. The maximum Gasteiger partial charge on any atom is 0.227 e. The quantitative estimate of drug-likeness (QED) is 0.705. The Morgan fingerprint density at radius 2 is 1.93 bits per heavy atom. The molecule has 1 aromatic carbocycles. The molecule has 9 heteroatoms. The Hall–Kier alpha value is -2.81. The molecule has 1 aliphatic heterocycles. The fourth-order valence-corrected chi connectivity index (χ4v) is 4.78. The second-order valence-electron chi connectivity index (χ2n) is 6.81. The second kappa shape index (κ2) is 6.73. The molecule has 8 nitrogen and oxygen atoms in total. The molecule has 27 heavy (non-hydrogen) atoms. The van der Waals surface area contributed by atoms with Crippen LogP contribution in [0.25, 0.3) is 11.2 Å². The predicted octanol–water partition coefficient (Wildman–Crippen LogP) is 2.38. The first-order chi connectivity index (χ1) is 12.9. The summed E-state index contributed by atoms with van der Waals surface area (Å²) in [5.74, 6) is 1.16. The van der Waals surface area contributed by atoms with Gasteiger partial charge < -0.3 is 10.6 Å². The van der Waals surface area contributed by atoms with E-state index in [1.54, 1.807) is 12.4 Å². The molecule has 0 bridgehead atoms. The van der Waals surface area contributed by atoms with Crippen LogP contribution < -0.4 is 10.6 Å². The van der Waals surface area contributed by atoms with Crippen LogP contribution in [0.4, 0.5) is 17.5 Å². The smallest absolute Gasteiger partial charge is 0.227 e. The van der Waals surface area contributed by atoms with Crippen LogP contribution >= 0.6 is 0 Å². The van der Waals surface area contributed by atoms with E-state index < -0.39 is 9.84 Å². The van der Waals surface area contributed by atoms with Gasteiger partial charge >= 0.3 is 0 Å². The minimum Gasteiger partial charge on any atom is -0.350 e. The highest BCUT2D eigenvalue weighted by molar-refractivity contribution is 7.91. The van der Waals surface area contributed by atoms with Crippen molar-refractivity contribution < 1.29 is 8.42 Å². The first kappa shape index (κ1) is 17.6. The highest BCUT2D eigenvalue weighted by Gasteiger charge is 2.28. The Bertz CT molecular complexity index is 1120. The molecule has 0 unspecified atom stereocenters. The standard InChI is InChI=1S/C18H20N6O2S/c1-11-3-4-12(2)14(9-11)22-17-15-16(20-7-6-19-15)23-18(24-17)21-13-5-8-27(25,26)10-13/h3-4,6-7,9,13H,5,8,10H2,1-2H3,(H2,20,21,22,23,24)/t13-/m0/s1. The molecule has 2 N–H and O–H groups in total. The number of fused-ring (bicyclic) bond motifs is 1. The summed E-state index contributed by atoms with van der Waals surface area (Å²) in [6.45, 7) is 4.04. The van der Waals surface area contributed by atoms with Gasteiger partial charge in [0.25, 0.3) is 0 Å². The topological polar surface area (TPSA) is 110 Å². The normalized spacial score (nSPS) is 18.5. The molecule has 3 aromatic rings. The maximum absolute atomic E-state index is 11.7. The first-order valence-electron chi connectivity index (χ1n) is 8.70. The molecular formula is C18H20N6O2S. The summed E-state index contributed by atoms with van der Waals surface area (Å²) in [6, 6.07) is 5.93. The highest BCUT2D eigenvalue weighted by atomic mass is 32.2. The summed E-state index contributed by atoms with van der Waals surface area (Å²) < 4.78 is 23.4. The zero-order valence-electron chi connectivity index (χ0n) is 15.1. The number of benzene rings is 1. The van der Waals surface area contributed by atoms with E-state index in [0.717, 1.165) is 16.8 Å². The second-order valence-corrected chi connectivity index (χ2v) is 9.04. The highest BCUT2D eigenvalue weighted by Crippen LogP contribution is 2.26. The van der Waals surface area contributed by atoms with Gasteiger partial charge in [0.05, 0.1) is 11.5 Å². The summed E-state index contributed by atoms with van der Waals surface area (Å²) in [4.78, 5) is 17.6. The van der Waals surface area contributed by atoms with Gasteiger partial charge in [-0.2, -0.15) is 9.97 Å². The van der Waals surface area contributed by atoms with E-state index in [-0.39, 0.29) is 17.5 Å². The van der Waals surface area contributed by atoms with Crippen molar-refractivity contribution in [3.8, 4) is 0 Å². The minimum atomic E-state index is -2.99. The molecular weight excluding hydrogens is 364 g/mol. The number of aryl methyl sites for hydroxylation is 2. The monoisotopic (exact) mass is 384 g/mol. The molecule has 0 amide bonds. The van der Waals surface area contributed by atoms with Gasteiger partial charge in [0.1, 0.15) is 0 Å². The van der Waals surface area contributed by atoms with E-state index in [1.165, 1.54) is 0 Å². The van der Waals surface area contributed by atoms with Gasteiger partial charge in [-0.05, 0) is 37.5 Å². The van der Waals surface area contributed by atoms with E-state index in [0.29, 0.717) is 29.4 Å². The zero-order chi connectivity index (χ0) is 19.0. The number of aromatic nitrogens is 4. The summed E-state index contributed by atoms with van der Waals surface area (Å²) in [7, 11) is -2.99. The fraction of sp³-hybridized carbons (Fsp3) is 0.333. The molecule has 2 aromatic heterocycles. The van der Waals surface area contributed by atoms with Crippen LogP contribution in [0, 0.1) is 13.8 Å². The Morgan fingerprint density at radius 3 is 2.70 bits per heavy atom. The summed E-state index contributed by atoms with van der Waals surface area (Å²) in [5.41, 5.74) is 4.14. The molecule has 1 aliphatic rings. The Balaban J connectivity index is 1.71. The Labute approximate surface area is 157 Å². The summed E-state index contributed by atoms with van der Waals surface area (Å²) in [5, 5.41) is 6.46. The molecule has 3 heterocycles. The van der Waals surface area contributed by atoms with Crippen LogP contribution in [-0.4, -0.2) is 45.9 Å². The van der Waals surface area contributed by atoms with Crippen LogP contribution in [-0.2, 0) is 9.84 Å². The van der Waals surface area contributed by atoms with Gasteiger partial charge in [0.15, 0.2) is 26.8 Å². The molecule has 140 valence electrons. The largest absolute Gasteiger partial charge is 0.350 e. The number of nitrogens with zero attached hydrogens (tertiary/aromatic N) is 4. The molecule has 0 saturated carbocycles. The van der Waals surface area contributed by atoms with Gasteiger partial charge in [0, 0.05) is 24.1 Å². The van der Waals surface area contributed by atoms with Crippen LogP contribution in [0.15, 0.2) is 30.6 Å². The Kier molecular flexibility index (Phi) is 4.39. The maximum atomic E-state index is 11.7. The SMILES string of the molecule is Cc1ccc(C)c(Nc2nc(N[C@H]3CCS(=O)(=O)C3)nc3nccnc23)c1. The van der Waals surface area contributed by atoms with Crippen LogP contribution in [0.5, 0.6) is 0 Å². The van der Waals surface area contributed by atoms with Gasteiger partial charge in [0.2, 0.25) is 5.95 Å². The number of hydrogen-bond acceptors (Lipinski definition) is 8. The van der Waals surface area contributed by atoms with E-state index in [4.69, 9.17) is 0 Å². The van der Waals surface area contributed by atoms with Crippen LogP contribution in [0.1, 0.15) is 17.5 Å². The lowest BCUT2D eigenvalue weighted by atomic mass is 10.1. The number of anilines is 3. The van der Waals surface area contributed by atoms with Gasteiger partial charge in [-0.1, -0.05) is 12.1 Å². The van der Waals surface area contributed by atoms with Gasteiger partial charge in [-0.25, -0.2) is 18.4 Å². The molecule has 0 spiro atoms.